The lowest BCUT2D eigenvalue weighted by Crippen LogP contribution is -2.17. The number of ketones is 1. The molecule has 0 atom stereocenters. The number of nitrogens with two attached hydrogens (primary N) is 1. The van der Waals surface area contributed by atoms with Crippen LogP contribution in [-0.2, 0) is 16.1 Å². The predicted octanol–water partition coefficient (Wildman–Crippen LogP) is 3.26. The number of fused-ring (bicyclic) bond motifs is 1. The summed E-state index contributed by atoms with van der Waals surface area (Å²) >= 11 is 6.11. The van der Waals surface area contributed by atoms with E-state index in [2.05, 4.69) is 10.4 Å². The van der Waals surface area contributed by atoms with Crippen LogP contribution in [0, 0.1) is 0 Å². The van der Waals surface area contributed by atoms with Crippen molar-refractivity contribution in [2.75, 3.05) is 11.1 Å². The van der Waals surface area contributed by atoms with Crippen LogP contribution >= 0.6 is 11.6 Å². The lowest BCUT2D eigenvalue weighted by molar-refractivity contribution is -0.125. The fraction of sp³-hybridized carbons (Fsp3) is 0.167. The molecule has 0 aliphatic carbocycles. The molecule has 1 amide bonds. The quantitative estimate of drug-likeness (QED) is 0.524. The number of anilines is 2. The number of hydrogen-bond acceptors (Lipinski definition) is 4. The van der Waals surface area contributed by atoms with Crippen LogP contribution < -0.4 is 11.1 Å². The molecule has 0 bridgehead atoms. The van der Waals surface area contributed by atoms with Crippen LogP contribution in [0.3, 0.4) is 0 Å². The topological polar surface area (TPSA) is 90.0 Å². The summed E-state index contributed by atoms with van der Waals surface area (Å²) in [5, 5.41) is 8.39. The van der Waals surface area contributed by atoms with Gasteiger partial charge in [0.25, 0.3) is 0 Å². The third-order valence-electron chi connectivity index (χ3n) is 3.79. The minimum Gasteiger partial charge on any atom is -0.399 e. The van der Waals surface area contributed by atoms with E-state index in [4.69, 9.17) is 17.3 Å². The van der Waals surface area contributed by atoms with Crippen LogP contribution in [0.5, 0.6) is 0 Å². The number of nitrogens with one attached hydrogen (secondary N) is 1. The first-order valence-corrected chi connectivity index (χ1v) is 8.18. The van der Waals surface area contributed by atoms with Gasteiger partial charge in [-0.1, -0.05) is 17.7 Å². The van der Waals surface area contributed by atoms with Gasteiger partial charge >= 0.3 is 0 Å². The molecule has 1 aromatic heterocycles. The Morgan fingerprint density at radius 3 is 2.68 bits per heavy atom. The van der Waals surface area contributed by atoms with E-state index in [1.54, 1.807) is 41.2 Å². The molecular weight excluding hydrogens is 340 g/mol. The second kappa shape index (κ2) is 7.36. The van der Waals surface area contributed by atoms with E-state index in [0.717, 1.165) is 10.9 Å². The van der Waals surface area contributed by atoms with E-state index in [-0.39, 0.29) is 24.5 Å². The molecule has 1 heterocycles. The molecule has 0 unspecified atom stereocenters. The minimum absolute atomic E-state index is 0.154. The summed E-state index contributed by atoms with van der Waals surface area (Å²) < 4.78 is 1.72. The first kappa shape index (κ1) is 17.0. The SMILES string of the molecule is Nc1ccc(NC(=O)CC(=O)CCn2ncc3c(Cl)cccc32)cc1. The normalized spacial score (nSPS) is 10.8. The first-order chi connectivity index (χ1) is 12.0. The van der Waals surface area contributed by atoms with Crippen molar-refractivity contribution in [3.05, 3.63) is 53.7 Å². The van der Waals surface area contributed by atoms with E-state index in [1.807, 2.05) is 12.1 Å². The molecule has 0 aliphatic heterocycles. The number of rotatable bonds is 6. The molecule has 0 saturated carbocycles. The van der Waals surface area contributed by atoms with Gasteiger partial charge in [0, 0.05) is 29.7 Å². The van der Waals surface area contributed by atoms with Crippen molar-refractivity contribution >= 4 is 45.6 Å². The Morgan fingerprint density at radius 2 is 1.92 bits per heavy atom. The second-order valence-corrected chi connectivity index (χ2v) is 6.08. The maximum Gasteiger partial charge on any atom is 0.231 e. The molecule has 0 radical (unpaired) electrons. The summed E-state index contributed by atoms with van der Waals surface area (Å²) in [4.78, 5) is 24.0. The Labute approximate surface area is 149 Å². The molecule has 7 heteroatoms. The number of nitrogen functional groups attached to an aromatic ring is 1. The molecule has 2 aromatic carbocycles. The van der Waals surface area contributed by atoms with E-state index >= 15 is 0 Å². The Kier molecular flexibility index (Phi) is 5.00. The fourth-order valence-electron chi connectivity index (χ4n) is 2.52. The summed E-state index contributed by atoms with van der Waals surface area (Å²) in [5.74, 6) is -0.498. The van der Waals surface area contributed by atoms with Gasteiger partial charge in [-0.2, -0.15) is 5.10 Å². The van der Waals surface area contributed by atoms with Crippen LogP contribution in [0.4, 0.5) is 11.4 Å². The highest BCUT2D eigenvalue weighted by Crippen LogP contribution is 2.22. The van der Waals surface area contributed by atoms with Crippen LogP contribution in [-0.4, -0.2) is 21.5 Å². The van der Waals surface area contributed by atoms with Crippen LogP contribution in [0.2, 0.25) is 5.02 Å². The third kappa shape index (κ3) is 4.16. The molecule has 3 aromatic rings. The zero-order valence-corrected chi connectivity index (χ0v) is 14.2. The van der Waals surface area contributed by atoms with Crippen molar-refractivity contribution in [3.63, 3.8) is 0 Å². The number of halogens is 1. The van der Waals surface area contributed by atoms with Crippen LogP contribution in [0.1, 0.15) is 12.8 Å². The van der Waals surface area contributed by atoms with Gasteiger partial charge in [-0.15, -0.1) is 0 Å². The van der Waals surface area contributed by atoms with Gasteiger partial charge in [0.2, 0.25) is 5.91 Å². The summed E-state index contributed by atoms with van der Waals surface area (Å²) in [6.07, 6.45) is 1.72. The van der Waals surface area contributed by atoms with Crippen molar-refractivity contribution < 1.29 is 9.59 Å². The lowest BCUT2D eigenvalue weighted by atomic mass is 10.2. The number of benzene rings is 2. The predicted molar refractivity (Wildman–Crippen MR) is 98.5 cm³/mol. The van der Waals surface area contributed by atoms with Gasteiger partial charge in [0.15, 0.2) is 0 Å². The zero-order chi connectivity index (χ0) is 17.8. The zero-order valence-electron chi connectivity index (χ0n) is 13.4. The van der Waals surface area contributed by atoms with Gasteiger partial charge in [-0.25, -0.2) is 0 Å². The summed E-state index contributed by atoms with van der Waals surface area (Å²) in [6, 6.07) is 12.3. The number of carbonyl (C=O) groups is 2. The third-order valence-corrected chi connectivity index (χ3v) is 4.12. The smallest absolute Gasteiger partial charge is 0.231 e. The fourth-order valence-corrected chi connectivity index (χ4v) is 2.73. The van der Waals surface area contributed by atoms with Gasteiger partial charge in [0.1, 0.15) is 5.78 Å². The molecule has 3 N–H and O–H groups in total. The minimum atomic E-state index is -0.344. The molecule has 3 rings (SSSR count). The standard InChI is InChI=1S/C18H17ClN4O2/c19-16-2-1-3-17-15(16)11-21-23(17)9-8-14(24)10-18(25)22-13-6-4-12(20)5-7-13/h1-7,11H,8-10,20H2,(H,22,25). The van der Waals surface area contributed by atoms with Crippen LogP contribution in [0.25, 0.3) is 10.9 Å². The average Bonchev–Trinajstić information content (AvgIpc) is 2.99. The highest BCUT2D eigenvalue weighted by molar-refractivity contribution is 6.35. The largest absolute Gasteiger partial charge is 0.399 e. The van der Waals surface area contributed by atoms with E-state index < -0.39 is 0 Å². The van der Waals surface area contributed by atoms with Crippen molar-refractivity contribution in [2.45, 2.75) is 19.4 Å². The monoisotopic (exact) mass is 356 g/mol. The maximum absolute atomic E-state index is 12.0. The number of amides is 1. The number of aromatic nitrogens is 2. The van der Waals surface area contributed by atoms with Crippen LogP contribution in [0.15, 0.2) is 48.7 Å². The number of aryl methyl sites for hydroxylation is 1. The van der Waals surface area contributed by atoms with Gasteiger partial charge in [-0.05, 0) is 36.4 Å². The number of hydrogen-bond donors (Lipinski definition) is 2. The number of nitrogens with zero attached hydrogens (tertiary/aromatic N) is 2. The number of carbonyl (C=O) groups excluding carboxylic acids is 2. The molecule has 0 fully saturated rings. The lowest BCUT2D eigenvalue weighted by Gasteiger charge is -2.06. The van der Waals surface area contributed by atoms with Crippen molar-refractivity contribution in [1.82, 2.24) is 9.78 Å². The highest BCUT2D eigenvalue weighted by Gasteiger charge is 2.12. The van der Waals surface area contributed by atoms with Gasteiger partial charge in [-0.3, -0.25) is 14.3 Å². The average molecular weight is 357 g/mol. The Bertz CT molecular complexity index is 918. The molecule has 0 aliphatic rings. The van der Waals surface area contributed by atoms with Crippen molar-refractivity contribution in [1.29, 1.82) is 0 Å². The molecule has 0 spiro atoms. The van der Waals surface area contributed by atoms with Crippen molar-refractivity contribution in [3.8, 4) is 0 Å². The molecule has 0 saturated heterocycles. The summed E-state index contributed by atoms with van der Waals surface area (Å²) in [7, 11) is 0. The van der Waals surface area contributed by atoms with Gasteiger partial charge < -0.3 is 11.1 Å². The second-order valence-electron chi connectivity index (χ2n) is 5.68. The van der Waals surface area contributed by atoms with E-state index in [0.29, 0.717) is 22.9 Å². The van der Waals surface area contributed by atoms with Gasteiger partial charge in [0.05, 0.1) is 23.2 Å². The Hall–Kier alpha value is -2.86. The van der Waals surface area contributed by atoms with Crippen molar-refractivity contribution in [2.24, 2.45) is 0 Å². The molecule has 25 heavy (non-hydrogen) atoms. The number of Topliss-reactive ketones (excluding diaryl/α,β-unsaturated/α-hetero) is 1. The van der Waals surface area contributed by atoms with E-state index in [9.17, 15) is 9.59 Å². The Morgan fingerprint density at radius 1 is 1.16 bits per heavy atom. The summed E-state index contributed by atoms with van der Waals surface area (Å²) in [6.45, 7) is 0.401. The highest BCUT2D eigenvalue weighted by atomic mass is 35.5. The molecule has 6 nitrogen and oxygen atoms in total. The summed E-state index contributed by atoms with van der Waals surface area (Å²) in [5.41, 5.74) is 7.68. The molecule has 128 valence electrons. The Balaban J connectivity index is 1.54. The van der Waals surface area contributed by atoms with E-state index in [1.165, 1.54) is 0 Å². The first-order valence-electron chi connectivity index (χ1n) is 7.80. The maximum atomic E-state index is 12.0. The molecular formula is C18H17ClN4O2.